The van der Waals surface area contributed by atoms with Gasteiger partial charge in [0.05, 0.1) is 0 Å². The predicted octanol–water partition coefficient (Wildman–Crippen LogP) is 4.56. The summed E-state index contributed by atoms with van der Waals surface area (Å²) in [6, 6.07) is 14.6. The second-order valence-corrected chi connectivity index (χ2v) is 6.23. The van der Waals surface area contributed by atoms with Gasteiger partial charge in [-0.2, -0.15) is 0 Å². The molecule has 27 heavy (non-hydrogen) atoms. The van der Waals surface area contributed by atoms with Crippen LogP contribution in [-0.4, -0.2) is 25.0 Å². The summed E-state index contributed by atoms with van der Waals surface area (Å²) in [6.07, 6.45) is 2.96. The summed E-state index contributed by atoms with van der Waals surface area (Å²) in [5, 5.41) is 5.70. The van der Waals surface area contributed by atoms with Crippen LogP contribution in [0.2, 0.25) is 0 Å². The lowest BCUT2D eigenvalue weighted by Gasteiger charge is -2.23. The predicted molar refractivity (Wildman–Crippen MR) is 106 cm³/mol. The molecule has 6 heteroatoms. The van der Waals surface area contributed by atoms with Crippen LogP contribution in [-0.2, 0) is 4.79 Å². The van der Waals surface area contributed by atoms with E-state index in [2.05, 4.69) is 10.6 Å². The maximum Gasteiger partial charge on any atom is 0.326 e. The normalized spacial score (nSPS) is 10.3. The molecule has 3 amide bonds. The highest BCUT2D eigenvalue weighted by molar-refractivity contribution is 6.01. The molecule has 2 aromatic carbocycles. The number of hydrogen-bond donors (Lipinski definition) is 2. The van der Waals surface area contributed by atoms with Crippen LogP contribution in [0.4, 0.5) is 20.6 Å². The molecule has 0 bridgehead atoms. The molecule has 0 aliphatic heterocycles. The Morgan fingerprint density at radius 2 is 1.70 bits per heavy atom. The fourth-order valence-electron chi connectivity index (χ4n) is 2.57. The Hall–Kier alpha value is -2.89. The smallest absolute Gasteiger partial charge is 0.326 e. The zero-order valence-corrected chi connectivity index (χ0v) is 15.6. The van der Waals surface area contributed by atoms with Crippen LogP contribution in [0.25, 0.3) is 0 Å². The van der Waals surface area contributed by atoms with E-state index in [1.165, 1.54) is 12.1 Å². The summed E-state index contributed by atoms with van der Waals surface area (Å²) in [5.41, 5.74) is 1.28. The monoisotopic (exact) mass is 371 g/mol. The second kappa shape index (κ2) is 11.0. The first kappa shape index (κ1) is 20.4. The van der Waals surface area contributed by atoms with Gasteiger partial charge in [-0.25, -0.2) is 9.18 Å². The molecule has 0 aliphatic rings. The number of unbranched alkanes of at least 4 members (excludes halogenated alkanes) is 1. The van der Waals surface area contributed by atoms with Gasteiger partial charge in [-0.3, -0.25) is 9.69 Å². The standard InChI is InChI=1S/C21H26FN3O2/c1-2-3-10-20(26)23-15-7-16-25(19-13-11-17(22)12-14-19)21(27)24-18-8-5-4-6-9-18/h4-6,8-9,11-14H,2-3,7,10,15-16H2,1H3,(H,23,26)(H,24,27). The summed E-state index contributed by atoms with van der Waals surface area (Å²) in [6.45, 7) is 2.93. The number of hydrogen-bond acceptors (Lipinski definition) is 2. The van der Waals surface area contributed by atoms with Crippen molar-refractivity contribution in [1.82, 2.24) is 5.32 Å². The Labute approximate surface area is 159 Å². The molecule has 2 N–H and O–H groups in total. The van der Waals surface area contributed by atoms with Crippen LogP contribution in [0.15, 0.2) is 54.6 Å². The first-order valence-corrected chi connectivity index (χ1v) is 9.26. The maximum atomic E-state index is 13.2. The molecule has 0 saturated heterocycles. The van der Waals surface area contributed by atoms with E-state index in [0.717, 1.165) is 12.8 Å². The van der Waals surface area contributed by atoms with E-state index in [-0.39, 0.29) is 17.8 Å². The fourth-order valence-corrected chi connectivity index (χ4v) is 2.57. The molecule has 2 rings (SSSR count). The summed E-state index contributed by atoms with van der Waals surface area (Å²) < 4.78 is 13.2. The van der Waals surface area contributed by atoms with Crippen molar-refractivity contribution in [2.24, 2.45) is 0 Å². The van der Waals surface area contributed by atoms with E-state index in [9.17, 15) is 14.0 Å². The third-order valence-corrected chi connectivity index (χ3v) is 4.05. The van der Waals surface area contributed by atoms with Gasteiger partial charge in [-0.05, 0) is 49.2 Å². The fraction of sp³-hybridized carbons (Fsp3) is 0.333. The minimum atomic E-state index is -0.356. The molecule has 0 aliphatic carbocycles. The summed E-state index contributed by atoms with van der Waals surface area (Å²) in [5.74, 6) is -0.329. The van der Waals surface area contributed by atoms with Crippen LogP contribution in [0.1, 0.15) is 32.6 Å². The van der Waals surface area contributed by atoms with Crippen molar-refractivity contribution in [2.45, 2.75) is 32.6 Å². The topological polar surface area (TPSA) is 61.4 Å². The lowest BCUT2D eigenvalue weighted by atomic mass is 10.2. The van der Waals surface area contributed by atoms with Gasteiger partial charge in [-0.1, -0.05) is 31.5 Å². The number of carbonyl (C=O) groups is 2. The molecule has 0 unspecified atom stereocenters. The molecular formula is C21H26FN3O2. The van der Waals surface area contributed by atoms with Gasteiger partial charge in [0, 0.05) is 30.9 Å². The van der Waals surface area contributed by atoms with Crippen LogP contribution >= 0.6 is 0 Å². The van der Waals surface area contributed by atoms with Gasteiger partial charge in [0.15, 0.2) is 0 Å². The number of carbonyl (C=O) groups excluding carboxylic acids is 2. The van der Waals surface area contributed by atoms with Crippen molar-refractivity contribution >= 4 is 23.3 Å². The third-order valence-electron chi connectivity index (χ3n) is 4.05. The van der Waals surface area contributed by atoms with Crippen molar-refractivity contribution in [3.8, 4) is 0 Å². The molecule has 0 radical (unpaired) electrons. The third kappa shape index (κ3) is 7.09. The van der Waals surface area contributed by atoms with Gasteiger partial charge in [0.2, 0.25) is 5.91 Å². The number of nitrogens with zero attached hydrogens (tertiary/aromatic N) is 1. The zero-order chi connectivity index (χ0) is 19.5. The molecule has 0 heterocycles. The molecular weight excluding hydrogens is 345 g/mol. The summed E-state index contributed by atoms with van der Waals surface area (Å²) in [4.78, 5) is 25.9. The van der Waals surface area contributed by atoms with E-state index >= 15 is 0 Å². The Morgan fingerprint density at radius 3 is 2.37 bits per heavy atom. The van der Waals surface area contributed by atoms with Crippen LogP contribution in [0.5, 0.6) is 0 Å². The highest BCUT2D eigenvalue weighted by Crippen LogP contribution is 2.17. The largest absolute Gasteiger partial charge is 0.356 e. The van der Waals surface area contributed by atoms with Gasteiger partial charge in [0.25, 0.3) is 0 Å². The SMILES string of the molecule is CCCCC(=O)NCCCN(C(=O)Nc1ccccc1)c1ccc(F)cc1. The molecule has 144 valence electrons. The Bertz CT molecular complexity index is 720. The quantitative estimate of drug-likeness (QED) is 0.635. The van der Waals surface area contributed by atoms with E-state index in [0.29, 0.717) is 37.3 Å². The first-order valence-electron chi connectivity index (χ1n) is 9.26. The molecule has 0 atom stereocenters. The van der Waals surface area contributed by atoms with Crippen LogP contribution in [0, 0.1) is 5.82 Å². The number of anilines is 2. The number of amides is 3. The highest BCUT2D eigenvalue weighted by atomic mass is 19.1. The van der Waals surface area contributed by atoms with E-state index in [4.69, 9.17) is 0 Å². The van der Waals surface area contributed by atoms with E-state index < -0.39 is 0 Å². The number of nitrogens with one attached hydrogen (secondary N) is 2. The number of rotatable bonds is 9. The Morgan fingerprint density at radius 1 is 1.00 bits per heavy atom. The molecule has 0 saturated carbocycles. The molecule has 2 aromatic rings. The van der Waals surface area contributed by atoms with E-state index in [1.807, 2.05) is 25.1 Å². The van der Waals surface area contributed by atoms with Crippen molar-refractivity contribution in [2.75, 3.05) is 23.3 Å². The van der Waals surface area contributed by atoms with Crippen molar-refractivity contribution in [3.05, 3.63) is 60.4 Å². The molecule has 5 nitrogen and oxygen atoms in total. The number of urea groups is 1. The second-order valence-electron chi connectivity index (χ2n) is 6.23. The van der Waals surface area contributed by atoms with Crippen molar-refractivity contribution in [1.29, 1.82) is 0 Å². The van der Waals surface area contributed by atoms with Crippen molar-refractivity contribution < 1.29 is 14.0 Å². The lowest BCUT2D eigenvalue weighted by molar-refractivity contribution is -0.121. The van der Waals surface area contributed by atoms with Gasteiger partial charge >= 0.3 is 6.03 Å². The minimum Gasteiger partial charge on any atom is -0.356 e. The van der Waals surface area contributed by atoms with Crippen molar-refractivity contribution in [3.63, 3.8) is 0 Å². The number of para-hydroxylation sites is 1. The first-order chi connectivity index (χ1) is 13.1. The molecule has 0 aromatic heterocycles. The van der Waals surface area contributed by atoms with Crippen LogP contribution in [0.3, 0.4) is 0 Å². The molecule has 0 fully saturated rings. The van der Waals surface area contributed by atoms with Gasteiger partial charge in [0.1, 0.15) is 5.82 Å². The average molecular weight is 371 g/mol. The van der Waals surface area contributed by atoms with Gasteiger partial charge in [-0.15, -0.1) is 0 Å². The maximum absolute atomic E-state index is 13.2. The highest BCUT2D eigenvalue weighted by Gasteiger charge is 2.16. The lowest BCUT2D eigenvalue weighted by Crippen LogP contribution is -2.37. The van der Waals surface area contributed by atoms with Gasteiger partial charge < -0.3 is 10.6 Å². The Balaban J connectivity index is 1.96. The van der Waals surface area contributed by atoms with Crippen LogP contribution < -0.4 is 15.5 Å². The Kier molecular flexibility index (Phi) is 8.29. The van der Waals surface area contributed by atoms with E-state index in [1.54, 1.807) is 29.2 Å². The summed E-state index contributed by atoms with van der Waals surface area (Å²) >= 11 is 0. The average Bonchev–Trinajstić information content (AvgIpc) is 2.68. The number of halogens is 1. The number of benzene rings is 2. The molecule has 0 spiro atoms. The zero-order valence-electron chi connectivity index (χ0n) is 15.6. The summed E-state index contributed by atoms with van der Waals surface area (Å²) in [7, 11) is 0. The minimum absolute atomic E-state index is 0.0268.